The second-order valence-corrected chi connectivity index (χ2v) is 12.9. The van der Waals surface area contributed by atoms with Gasteiger partial charge < -0.3 is 24.5 Å². The summed E-state index contributed by atoms with van der Waals surface area (Å²) in [6.07, 6.45) is 7.05. The van der Waals surface area contributed by atoms with Gasteiger partial charge in [0.05, 0.1) is 24.1 Å². The molecule has 0 saturated heterocycles. The van der Waals surface area contributed by atoms with Crippen molar-refractivity contribution in [2.75, 3.05) is 7.11 Å². The Morgan fingerprint density at radius 2 is 1.92 bits per heavy atom. The van der Waals surface area contributed by atoms with Crippen LogP contribution < -0.4 is 15.5 Å². The summed E-state index contributed by atoms with van der Waals surface area (Å²) in [5, 5.41) is 13.1. The number of aryl methyl sites for hydroxylation is 1. The molecule has 3 aliphatic rings. The van der Waals surface area contributed by atoms with Crippen LogP contribution in [-0.2, 0) is 11.2 Å². The van der Waals surface area contributed by atoms with Gasteiger partial charge in [0.15, 0.2) is 5.75 Å². The number of hydrogen-bond donors (Lipinski definition) is 2. The third kappa shape index (κ3) is 4.17. The van der Waals surface area contributed by atoms with Gasteiger partial charge >= 0.3 is 12.1 Å². The largest absolute Gasteiger partial charge is 0.494 e. The monoisotopic (exact) mass is 536 g/mol. The van der Waals surface area contributed by atoms with Gasteiger partial charge in [-0.1, -0.05) is 0 Å². The minimum Gasteiger partial charge on any atom is -0.494 e. The van der Waals surface area contributed by atoms with E-state index < -0.39 is 23.1 Å². The molecule has 1 aromatic carbocycles. The fourth-order valence-corrected chi connectivity index (χ4v) is 7.20. The minimum atomic E-state index is -1.22. The number of carbonyl (C=O) groups is 2. The number of nitrogens with zero attached hydrogens (tertiary/aromatic N) is 1. The van der Waals surface area contributed by atoms with Crippen LogP contribution in [0.3, 0.4) is 0 Å². The molecule has 1 unspecified atom stereocenters. The zero-order chi connectivity index (χ0) is 27.0. The first-order chi connectivity index (χ1) is 18.0. The number of carboxylic acid groups (broad SMARTS) is 1. The van der Waals surface area contributed by atoms with E-state index in [1.165, 1.54) is 11.8 Å². The van der Waals surface area contributed by atoms with Crippen molar-refractivity contribution in [2.24, 2.45) is 5.41 Å². The number of ether oxygens (including phenoxy) is 2. The number of carbonyl (C=O) groups excluding carboxylic acids is 1. The first-order valence-corrected chi connectivity index (χ1v) is 13.9. The highest BCUT2D eigenvalue weighted by atomic mass is 32.1. The van der Waals surface area contributed by atoms with E-state index in [0.717, 1.165) is 53.8 Å². The Hall–Kier alpha value is -3.33. The van der Waals surface area contributed by atoms with Gasteiger partial charge in [-0.25, -0.2) is 9.59 Å². The first kappa shape index (κ1) is 25.0. The van der Waals surface area contributed by atoms with Crippen molar-refractivity contribution in [3.63, 3.8) is 0 Å². The first-order valence-electron chi connectivity index (χ1n) is 13.1. The van der Waals surface area contributed by atoms with E-state index in [1.54, 1.807) is 24.5 Å². The topological polar surface area (TPSA) is 107 Å². The molecule has 1 amide bonds. The molecule has 0 bridgehead atoms. The Bertz CT molecular complexity index is 1540. The van der Waals surface area contributed by atoms with Crippen molar-refractivity contribution in [1.29, 1.82) is 0 Å². The summed E-state index contributed by atoms with van der Waals surface area (Å²) in [7, 11) is 1.59. The molecule has 3 aliphatic carbocycles. The SMILES string of the molecule is COc1c(-c2cc3c(s2)C(NC(=O)OC(C)(C)C)C2(CC3)CC2)ccc2c(=O)c(C(=O)O)cn(C3CC3)c12. The average molecular weight is 537 g/mol. The highest BCUT2D eigenvalue weighted by Crippen LogP contribution is 2.62. The zero-order valence-corrected chi connectivity index (χ0v) is 22.9. The molecule has 1 atom stereocenters. The summed E-state index contributed by atoms with van der Waals surface area (Å²) in [6.45, 7) is 5.59. The quantitative estimate of drug-likeness (QED) is 0.410. The van der Waals surface area contributed by atoms with Gasteiger partial charge in [-0.3, -0.25) is 4.79 Å². The molecule has 2 fully saturated rings. The number of pyridine rings is 1. The van der Waals surface area contributed by atoms with Gasteiger partial charge in [-0.15, -0.1) is 11.3 Å². The lowest BCUT2D eigenvalue weighted by Gasteiger charge is -2.33. The molecular formula is C29H32N2O6S. The highest BCUT2D eigenvalue weighted by Gasteiger charge is 2.53. The number of aromatic carboxylic acids is 1. The normalized spacial score (nSPS) is 19.7. The molecule has 9 heteroatoms. The average Bonchev–Trinajstić information content (AvgIpc) is 3.77. The van der Waals surface area contributed by atoms with Crippen LogP contribution in [0.1, 0.15) is 85.8 Å². The lowest BCUT2D eigenvalue weighted by atomic mass is 9.81. The predicted molar refractivity (Wildman–Crippen MR) is 145 cm³/mol. The summed E-state index contributed by atoms with van der Waals surface area (Å²) in [4.78, 5) is 39.8. The van der Waals surface area contributed by atoms with E-state index in [0.29, 0.717) is 16.7 Å². The Kier molecular flexibility index (Phi) is 5.65. The van der Waals surface area contributed by atoms with E-state index in [1.807, 2.05) is 31.4 Å². The van der Waals surface area contributed by atoms with Gasteiger partial charge in [0.1, 0.15) is 11.2 Å². The molecule has 2 heterocycles. The summed E-state index contributed by atoms with van der Waals surface area (Å²) in [5.74, 6) is -0.655. The predicted octanol–water partition coefficient (Wildman–Crippen LogP) is 6.06. The van der Waals surface area contributed by atoms with Gasteiger partial charge in [0.25, 0.3) is 0 Å². The molecule has 0 aliphatic heterocycles. The number of hydrogen-bond acceptors (Lipinski definition) is 6. The molecule has 2 saturated carbocycles. The van der Waals surface area contributed by atoms with Gasteiger partial charge in [0, 0.05) is 27.6 Å². The van der Waals surface area contributed by atoms with Crippen LogP contribution in [0.5, 0.6) is 5.75 Å². The molecule has 0 radical (unpaired) electrons. The van der Waals surface area contributed by atoms with Gasteiger partial charge in [-0.05, 0) is 88.5 Å². The Morgan fingerprint density at radius 3 is 2.53 bits per heavy atom. The lowest BCUT2D eigenvalue weighted by molar-refractivity contribution is 0.0472. The maximum Gasteiger partial charge on any atom is 0.408 e. The van der Waals surface area contributed by atoms with Crippen LogP contribution in [0, 0.1) is 5.41 Å². The molecule has 2 N–H and O–H groups in total. The van der Waals surface area contributed by atoms with Crippen molar-refractivity contribution >= 4 is 34.3 Å². The number of alkyl carbamates (subject to hydrolysis) is 1. The van der Waals surface area contributed by atoms with Gasteiger partial charge in [-0.2, -0.15) is 0 Å². The second kappa shape index (κ2) is 8.59. The summed E-state index contributed by atoms with van der Waals surface area (Å²) in [6, 6.07) is 5.79. The summed E-state index contributed by atoms with van der Waals surface area (Å²) < 4.78 is 13.4. The summed E-state index contributed by atoms with van der Waals surface area (Å²) >= 11 is 1.65. The third-order valence-corrected chi connectivity index (χ3v) is 9.22. The fraction of sp³-hybridized carbons (Fsp3) is 0.483. The van der Waals surface area contributed by atoms with E-state index in [-0.39, 0.29) is 23.1 Å². The number of thiophene rings is 1. The number of nitrogens with one attached hydrogen (secondary N) is 1. The molecule has 8 nitrogen and oxygen atoms in total. The van der Waals surface area contributed by atoms with E-state index in [4.69, 9.17) is 9.47 Å². The van der Waals surface area contributed by atoms with Gasteiger partial charge in [0.2, 0.25) is 5.43 Å². The molecule has 3 aromatic rings. The van der Waals surface area contributed by atoms with Crippen LogP contribution in [0.15, 0.2) is 29.2 Å². The van der Waals surface area contributed by atoms with Crippen LogP contribution in [0.4, 0.5) is 4.79 Å². The lowest BCUT2D eigenvalue weighted by Crippen LogP contribution is -2.40. The third-order valence-electron chi connectivity index (χ3n) is 7.95. The van der Waals surface area contributed by atoms with Crippen molar-refractivity contribution in [3.05, 3.63) is 50.6 Å². The number of benzene rings is 1. The molecule has 1 spiro atoms. The Labute approximate surface area is 224 Å². The molecule has 38 heavy (non-hydrogen) atoms. The van der Waals surface area contributed by atoms with Crippen molar-refractivity contribution in [3.8, 4) is 16.2 Å². The summed E-state index contributed by atoms with van der Waals surface area (Å²) in [5.41, 5.74) is 1.49. The maximum atomic E-state index is 13.1. The number of carboxylic acids is 1. The number of rotatable bonds is 5. The maximum absolute atomic E-state index is 13.1. The van der Waals surface area contributed by atoms with E-state index in [9.17, 15) is 19.5 Å². The fourth-order valence-electron chi connectivity index (χ4n) is 5.78. The Morgan fingerprint density at radius 1 is 1.18 bits per heavy atom. The van der Waals surface area contributed by atoms with Crippen molar-refractivity contribution < 1.29 is 24.2 Å². The van der Waals surface area contributed by atoms with Crippen LogP contribution >= 0.6 is 11.3 Å². The van der Waals surface area contributed by atoms with Crippen molar-refractivity contribution in [1.82, 2.24) is 9.88 Å². The standard InChI is InChI=1S/C29H32N2O6S/c1-28(2,3)37-27(35)30-25-24-15(9-10-29(25)11-12-29)13-20(38-24)17-7-8-18-21(23(17)36-4)31(16-5-6-16)14-19(22(18)32)26(33)34/h7-8,13-14,16,25H,5-6,9-12H2,1-4H3,(H,30,35)(H,33,34). The van der Waals surface area contributed by atoms with Crippen LogP contribution in [0.2, 0.25) is 0 Å². The molecular weight excluding hydrogens is 504 g/mol. The molecule has 200 valence electrons. The number of amides is 1. The van der Waals surface area contributed by atoms with E-state index >= 15 is 0 Å². The van der Waals surface area contributed by atoms with E-state index in [2.05, 4.69) is 11.4 Å². The molecule has 2 aromatic heterocycles. The highest BCUT2D eigenvalue weighted by molar-refractivity contribution is 7.15. The zero-order valence-electron chi connectivity index (χ0n) is 22.1. The minimum absolute atomic E-state index is 0.0825. The molecule has 6 rings (SSSR count). The Balaban J connectivity index is 1.46. The smallest absolute Gasteiger partial charge is 0.408 e. The number of methoxy groups -OCH3 is 1. The number of aromatic nitrogens is 1. The number of fused-ring (bicyclic) bond motifs is 2. The van der Waals surface area contributed by atoms with Crippen LogP contribution in [0.25, 0.3) is 21.3 Å². The second-order valence-electron chi connectivity index (χ2n) is 11.8. The van der Waals surface area contributed by atoms with Crippen LogP contribution in [-0.4, -0.2) is 34.4 Å². The van der Waals surface area contributed by atoms with Crippen molar-refractivity contribution in [2.45, 2.75) is 77.0 Å².